The Morgan fingerprint density at radius 3 is 1.63 bits per heavy atom. The van der Waals surface area contributed by atoms with Gasteiger partial charge < -0.3 is 18.5 Å². The number of hydrogen-bond donors (Lipinski definition) is 0. The molecular weight excluding hydrogens is 275 g/mol. The second-order valence-electron chi connectivity index (χ2n) is 3.18. The van der Waals surface area contributed by atoms with Gasteiger partial charge in [-0.1, -0.05) is 13.2 Å². The van der Waals surface area contributed by atoms with Crippen LogP contribution in [-0.2, 0) is 32.7 Å². The number of carbonyl (C=O) groups excluding carboxylic acids is 2. The van der Waals surface area contributed by atoms with Gasteiger partial charge in [-0.05, 0) is 0 Å². The lowest BCUT2D eigenvalue weighted by atomic mass is 10.6. The van der Waals surface area contributed by atoms with Crippen LogP contribution in [0.4, 0.5) is 0 Å². The van der Waals surface area contributed by atoms with Gasteiger partial charge in [0.15, 0.2) is 0 Å². The maximum Gasteiger partial charge on any atom is 0.330 e. The lowest BCUT2D eigenvalue weighted by Crippen LogP contribution is -2.10. The van der Waals surface area contributed by atoms with Crippen molar-refractivity contribution in [2.45, 2.75) is 0 Å². The largest absolute Gasteiger partial charge is 0.460 e. The Hall–Kier alpha value is -1.43. The van der Waals surface area contributed by atoms with E-state index in [2.05, 4.69) is 22.6 Å². The van der Waals surface area contributed by atoms with E-state index in [0.717, 1.165) is 12.2 Å². The highest BCUT2D eigenvalue weighted by molar-refractivity contribution is 7.52. The molecule has 0 aliphatic rings. The summed E-state index contributed by atoms with van der Waals surface area (Å²) in [6, 6.07) is 0. The Balaban J connectivity index is 3.71. The molecule has 0 spiro atoms. The van der Waals surface area contributed by atoms with E-state index >= 15 is 0 Å². The Morgan fingerprint density at radius 1 is 0.947 bits per heavy atom. The maximum atomic E-state index is 11.7. The molecule has 0 saturated heterocycles. The first-order valence-corrected chi connectivity index (χ1v) is 7.35. The predicted octanol–water partition coefficient (Wildman–Crippen LogP) is 1.30. The summed E-state index contributed by atoms with van der Waals surface area (Å²) in [5, 5.41) is 0. The molecule has 7 nitrogen and oxygen atoms in total. The van der Waals surface area contributed by atoms with E-state index in [0.29, 0.717) is 0 Å². The van der Waals surface area contributed by atoms with Crippen LogP contribution in [0.3, 0.4) is 0 Å². The van der Waals surface area contributed by atoms with E-state index in [1.165, 1.54) is 6.66 Å². The highest BCUT2D eigenvalue weighted by atomic mass is 31.2. The molecule has 19 heavy (non-hydrogen) atoms. The molecule has 8 heteroatoms. The fourth-order valence-corrected chi connectivity index (χ4v) is 1.73. The van der Waals surface area contributed by atoms with E-state index < -0.39 is 19.5 Å². The zero-order valence-electron chi connectivity index (χ0n) is 10.7. The van der Waals surface area contributed by atoms with Gasteiger partial charge in [-0.2, -0.15) is 0 Å². The minimum absolute atomic E-state index is 0.0580. The minimum Gasteiger partial charge on any atom is -0.460 e. The molecule has 0 fully saturated rings. The lowest BCUT2D eigenvalue weighted by Gasteiger charge is -2.13. The molecule has 0 aromatic rings. The zero-order chi connectivity index (χ0) is 14.7. The summed E-state index contributed by atoms with van der Waals surface area (Å²) in [5.74, 6) is -1.18. The topological polar surface area (TPSA) is 88.1 Å². The van der Waals surface area contributed by atoms with E-state index in [1.807, 2.05) is 0 Å². The van der Waals surface area contributed by atoms with E-state index in [1.54, 1.807) is 0 Å². The van der Waals surface area contributed by atoms with Gasteiger partial charge in [-0.25, -0.2) is 9.59 Å². The molecule has 0 bridgehead atoms. The minimum atomic E-state index is -3.26. The van der Waals surface area contributed by atoms with Crippen molar-refractivity contribution in [1.29, 1.82) is 0 Å². The summed E-state index contributed by atoms with van der Waals surface area (Å²) in [6.07, 6.45) is 2.02. The van der Waals surface area contributed by atoms with E-state index in [-0.39, 0.29) is 26.4 Å². The molecule has 0 rings (SSSR count). The number of rotatable bonds is 10. The second kappa shape index (κ2) is 9.49. The molecule has 0 aliphatic carbocycles. The third kappa shape index (κ3) is 10.2. The fraction of sp³-hybridized carbons (Fsp3) is 0.455. The van der Waals surface area contributed by atoms with Crippen molar-refractivity contribution in [2.24, 2.45) is 0 Å². The quantitative estimate of drug-likeness (QED) is 0.259. The van der Waals surface area contributed by atoms with Crippen molar-refractivity contribution in [3.8, 4) is 0 Å². The number of esters is 2. The van der Waals surface area contributed by atoms with Crippen LogP contribution in [-0.4, -0.2) is 45.0 Å². The van der Waals surface area contributed by atoms with Gasteiger partial charge in [0, 0.05) is 18.8 Å². The average molecular weight is 292 g/mol. The third-order valence-corrected chi connectivity index (χ3v) is 2.94. The van der Waals surface area contributed by atoms with Crippen molar-refractivity contribution < 1.29 is 32.7 Å². The van der Waals surface area contributed by atoms with Crippen molar-refractivity contribution in [3.63, 3.8) is 0 Å². The number of ether oxygens (including phenoxy) is 2. The Kier molecular flexibility index (Phi) is 8.78. The predicted molar refractivity (Wildman–Crippen MR) is 67.7 cm³/mol. The standard InChI is InChI=1S/C11H17O7P/c1-4-10(12)15-6-8-17-19(3,14)18-9-7-16-11(13)5-2/h4-5H,1-2,6-9H2,3H3. The number of hydrogen-bond acceptors (Lipinski definition) is 7. The molecule has 0 atom stereocenters. The molecule has 0 unspecified atom stereocenters. The summed E-state index contributed by atoms with van der Waals surface area (Å²) in [7, 11) is -3.26. The van der Waals surface area contributed by atoms with Crippen LogP contribution in [0, 0.1) is 0 Å². The molecule has 0 aromatic carbocycles. The first kappa shape index (κ1) is 17.6. The molecule has 108 valence electrons. The Morgan fingerprint density at radius 2 is 1.32 bits per heavy atom. The van der Waals surface area contributed by atoms with Gasteiger partial charge in [0.05, 0.1) is 13.2 Å². The van der Waals surface area contributed by atoms with E-state index in [4.69, 9.17) is 9.05 Å². The van der Waals surface area contributed by atoms with Gasteiger partial charge in [0.25, 0.3) is 0 Å². The zero-order valence-corrected chi connectivity index (χ0v) is 11.6. The summed E-state index contributed by atoms with van der Waals surface area (Å²) in [6.45, 7) is 7.44. The van der Waals surface area contributed by atoms with Crippen LogP contribution in [0.15, 0.2) is 25.3 Å². The molecule has 0 saturated carbocycles. The maximum absolute atomic E-state index is 11.7. The van der Waals surface area contributed by atoms with Crippen LogP contribution in [0.5, 0.6) is 0 Å². The smallest absolute Gasteiger partial charge is 0.330 e. The van der Waals surface area contributed by atoms with Crippen molar-refractivity contribution in [2.75, 3.05) is 33.1 Å². The van der Waals surface area contributed by atoms with Crippen molar-refractivity contribution in [3.05, 3.63) is 25.3 Å². The lowest BCUT2D eigenvalue weighted by molar-refractivity contribution is -0.139. The van der Waals surface area contributed by atoms with Crippen LogP contribution in [0.25, 0.3) is 0 Å². The van der Waals surface area contributed by atoms with Crippen molar-refractivity contribution in [1.82, 2.24) is 0 Å². The Labute approximate surface area is 111 Å². The van der Waals surface area contributed by atoms with E-state index in [9.17, 15) is 14.2 Å². The second-order valence-corrected chi connectivity index (χ2v) is 5.24. The molecule has 0 heterocycles. The highest BCUT2D eigenvalue weighted by Gasteiger charge is 2.16. The first-order valence-electron chi connectivity index (χ1n) is 5.36. The van der Waals surface area contributed by atoms with Gasteiger partial charge in [-0.3, -0.25) is 4.57 Å². The molecule has 0 amide bonds. The summed E-state index contributed by atoms with van der Waals surface area (Å²) >= 11 is 0. The first-order chi connectivity index (χ1) is 8.91. The summed E-state index contributed by atoms with van der Waals surface area (Å²) in [4.78, 5) is 21.4. The molecule has 0 aliphatic heterocycles. The average Bonchev–Trinajstić information content (AvgIpc) is 2.39. The van der Waals surface area contributed by atoms with Gasteiger partial charge >= 0.3 is 19.5 Å². The molecule has 0 radical (unpaired) electrons. The highest BCUT2D eigenvalue weighted by Crippen LogP contribution is 2.43. The Bertz CT molecular complexity index is 345. The van der Waals surface area contributed by atoms with Crippen LogP contribution in [0.1, 0.15) is 0 Å². The van der Waals surface area contributed by atoms with Crippen LogP contribution < -0.4 is 0 Å². The van der Waals surface area contributed by atoms with Crippen LogP contribution in [0.2, 0.25) is 0 Å². The number of carbonyl (C=O) groups is 2. The molecular formula is C11H17O7P. The molecule has 0 N–H and O–H groups in total. The molecule has 0 aromatic heterocycles. The van der Waals surface area contributed by atoms with Crippen molar-refractivity contribution >= 4 is 19.5 Å². The monoisotopic (exact) mass is 292 g/mol. The van der Waals surface area contributed by atoms with Crippen LogP contribution >= 0.6 is 7.60 Å². The SMILES string of the molecule is C=CC(=O)OCCOP(C)(=O)OCCOC(=O)C=C. The summed E-state index contributed by atoms with van der Waals surface area (Å²) in [5.41, 5.74) is 0. The van der Waals surface area contributed by atoms with Gasteiger partial charge in [0.1, 0.15) is 13.2 Å². The fourth-order valence-electron chi connectivity index (χ4n) is 0.846. The third-order valence-electron chi connectivity index (χ3n) is 1.64. The summed E-state index contributed by atoms with van der Waals surface area (Å²) < 4.78 is 30.8. The van der Waals surface area contributed by atoms with Gasteiger partial charge in [-0.15, -0.1) is 0 Å². The van der Waals surface area contributed by atoms with Gasteiger partial charge in [0.2, 0.25) is 0 Å². The normalized spacial score (nSPS) is 10.6.